The van der Waals surface area contributed by atoms with Crippen molar-refractivity contribution in [2.75, 3.05) is 0 Å². The van der Waals surface area contributed by atoms with E-state index in [0.717, 1.165) is 6.92 Å². The maximum atomic E-state index is 13.5. The summed E-state index contributed by atoms with van der Waals surface area (Å²) in [6, 6.07) is 4.55. The first-order valence-corrected chi connectivity index (χ1v) is 5.55. The summed E-state index contributed by atoms with van der Waals surface area (Å²) in [5.74, 6) is -3.05. The van der Waals surface area contributed by atoms with Gasteiger partial charge < -0.3 is 0 Å². The molecule has 1 aliphatic carbocycles. The molecular weight excluding hydrogens is 248 g/mol. The Balaban J connectivity index is 2.63. The average Bonchev–Trinajstić information content (AvgIpc) is 2.97. The molecule has 0 radical (unpaired) electrons. The average molecular weight is 258 g/mol. The Hall–Kier alpha value is -1.25. The van der Waals surface area contributed by atoms with Crippen LogP contribution in [-0.2, 0) is 16.3 Å². The number of benzene rings is 1. The van der Waals surface area contributed by atoms with E-state index < -0.39 is 11.5 Å². The molecule has 0 aromatic heterocycles. The van der Waals surface area contributed by atoms with Crippen LogP contribution in [-0.4, -0.2) is 6.08 Å². The summed E-state index contributed by atoms with van der Waals surface area (Å²) in [6.45, 7) is 0.790. The fourth-order valence-corrected chi connectivity index (χ4v) is 2.35. The van der Waals surface area contributed by atoms with Gasteiger partial charge in [0, 0.05) is 12.5 Å². The van der Waals surface area contributed by atoms with Gasteiger partial charge >= 0.3 is 0 Å². The van der Waals surface area contributed by atoms with Gasteiger partial charge in [-0.1, -0.05) is 23.7 Å². The molecule has 90 valence electrons. The highest BCUT2D eigenvalue weighted by Crippen LogP contribution is 2.53. The number of alkyl halides is 2. The summed E-state index contributed by atoms with van der Waals surface area (Å²) in [4.78, 5) is 14.0. The molecule has 0 aliphatic heterocycles. The molecule has 1 fully saturated rings. The Morgan fingerprint density at radius 1 is 1.47 bits per heavy atom. The number of rotatable bonds is 3. The summed E-state index contributed by atoms with van der Waals surface area (Å²) in [7, 11) is 0. The van der Waals surface area contributed by atoms with Gasteiger partial charge in [-0.3, -0.25) is 0 Å². The lowest BCUT2D eigenvalue weighted by Crippen LogP contribution is -2.16. The molecule has 0 atom stereocenters. The Labute approximate surface area is 102 Å². The third-order valence-electron chi connectivity index (χ3n) is 2.94. The molecule has 1 aliphatic rings. The van der Waals surface area contributed by atoms with Gasteiger partial charge in [-0.25, -0.2) is 13.6 Å². The highest BCUT2D eigenvalue weighted by Gasteiger charge is 2.49. The van der Waals surface area contributed by atoms with E-state index in [0.29, 0.717) is 18.4 Å². The Bertz CT molecular complexity index is 500. The van der Waals surface area contributed by atoms with Crippen molar-refractivity contribution in [1.82, 2.24) is 0 Å². The van der Waals surface area contributed by atoms with Crippen molar-refractivity contribution in [3.8, 4) is 0 Å². The van der Waals surface area contributed by atoms with Gasteiger partial charge in [-0.05, 0) is 24.5 Å². The molecule has 0 unspecified atom stereocenters. The molecule has 0 bridgehead atoms. The smallest absolute Gasteiger partial charge is 0.211 e. The molecule has 0 amide bonds. The SMILES string of the molecule is CC(F)(F)c1c(Cl)cccc1C1(N=C=O)CC1. The molecule has 5 heteroatoms. The molecule has 2 rings (SSSR count). The fourth-order valence-electron chi connectivity index (χ4n) is 2.01. The third-order valence-corrected chi connectivity index (χ3v) is 3.25. The number of isocyanates is 1. The monoisotopic (exact) mass is 257 g/mol. The van der Waals surface area contributed by atoms with E-state index >= 15 is 0 Å². The van der Waals surface area contributed by atoms with Crippen LogP contribution in [0.4, 0.5) is 8.78 Å². The van der Waals surface area contributed by atoms with Crippen molar-refractivity contribution in [2.45, 2.75) is 31.2 Å². The van der Waals surface area contributed by atoms with Crippen LogP contribution in [0.2, 0.25) is 5.02 Å². The number of hydrogen-bond acceptors (Lipinski definition) is 2. The van der Waals surface area contributed by atoms with Crippen molar-refractivity contribution in [3.05, 3.63) is 34.3 Å². The van der Waals surface area contributed by atoms with Crippen molar-refractivity contribution in [2.24, 2.45) is 4.99 Å². The van der Waals surface area contributed by atoms with E-state index in [1.165, 1.54) is 12.1 Å². The first kappa shape index (κ1) is 12.2. The predicted molar refractivity (Wildman–Crippen MR) is 60.1 cm³/mol. The number of carbonyl (C=O) groups excluding carboxylic acids is 1. The van der Waals surface area contributed by atoms with Crippen molar-refractivity contribution >= 4 is 17.7 Å². The lowest BCUT2D eigenvalue weighted by atomic mass is 9.95. The van der Waals surface area contributed by atoms with Gasteiger partial charge in [-0.2, -0.15) is 4.99 Å². The van der Waals surface area contributed by atoms with Gasteiger partial charge in [-0.15, -0.1) is 0 Å². The first-order chi connectivity index (χ1) is 7.91. The van der Waals surface area contributed by atoms with Gasteiger partial charge in [0.15, 0.2) is 0 Å². The maximum absolute atomic E-state index is 13.5. The van der Waals surface area contributed by atoms with Crippen molar-refractivity contribution in [3.63, 3.8) is 0 Å². The molecule has 17 heavy (non-hydrogen) atoms. The number of nitrogens with zero attached hydrogens (tertiary/aromatic N) is 1. The Morgan fingerprint density at radius 3 is 2.59 bits per heavy atom. The molecule has 0 spiro atoms. The highest BCUT2D eigenvalue weighted by molar-refractivity contribution is 6.31. The van der Waals surface area contributed by atoms with Crippen molar-refractivity contribution < 1.29 is 13.6 Å². The standard InChI is InChI=1S/C12H10ClF2NO/c1-11(14,15)10-8(3-2-4-9(10)13)12(5-6-12)16-7-17/h2-4H,5-6H2,1H3. The van der Waals surface area contributed by atoms with E-state index in [9.17, 15) is 13.6 Å². The second-order valence-electron chi connectivity index (χ2n) is 4.29. The molecule has 0 saturated heterocycles. The molecule has 2 nitrogen and oxygen atoms in total. The van der Waals surface area contributed by atoms with Gasteiger partial charge in [0.05, 0.1) is 10.6 Å². The van der Waals surface area contributed by atoms with E-state index in [2.05, 4.69) is 4.99 Å². The zero-order valence-electron chi connectivity index (χ0n) is 9.14. The van der Waals surface area contributed by atoms with Crippen LogP contribution >= 0.6 is 11.6 Å². The molecule has 1 aromatic rings. The fraction of sp³-hybridized carbons (Fsp3) is 0.417. The third kappa shape index (κ3) is 2.11. The normalized spacial score (nSPS) is 17.4. The van der Waals surface area contributed by atoms with E-state index in [-0.39, 0.29) is 10.6 Å². The van der Waals surface area contributed by atoms with Crippen LogP contribution in [0.1, 0.15) is 30.9 Å². The lowest BCUT2D eigenvalue weighted by molar-refractivity contribution is 0.0161. The quantitative estimate of drug-likeness (QED) is 0.599. The maximum Gasteiger partial charge on any atom is 0.272 e. The van der Waals surface area contributed by atoms with Gasteiger partial charge in [0.25, 0.3) is 5.92 Å². The van der Waals surface area contributed by atoms with Crippen LogP contribution in [0, 0.1) is 0 Å². The summed E-state index contributed by atoms with van der Waals surface area (Å²) < 4.78 is 27.1. The first-order valence-electron chi connectivity index (χ1n) is 5.17. The van der Waals surface area contributed by atoms with Crippen LogP contribution in [0.25, 0.3) is 0 Å². The highest BCUT2D eigenvalue weighted by atomic mass is 35.5. The van der Waals surface area contributed by atoms with Gasteiger partial charge in [0.1, 0.15) is 0 Å². The summed E-state index contributed by atoms with van der Waals surface area (Å²) in [5, 5.41) is 0.00220. The molecule has 0 heterocycles. The minimum Gasteiger partial charge on any atom is -0.211 e. The van der Waals surface area contributed by atoms with E-state index in [1.54, 1.807) is 12.1 Å². The predicted octanol–water partition coefficient (Wildman–Crippen LogP) is 3.78. The number of hydrogen-bond donors (Lipinski definition) is 0. The van der Waals surface area contributed by atoms with E-state index in [4.69, 9.17) is 11.6 Å². The van der Waals surface area contributed by atoms with Crippen molar-refractivity contribution in [1.29, 1.82) is 0 Å². The molecular formula is C12H10ClF2NO. The number of halogens is 3. The lowest BCUT2D eigenvalue weighted by Gasteiger charge is -2.20. The van der Waals surface area contributed by atoms with E-state index in [1.807, 2.05) is 0 Å². The zero-order valence-corrected chi connectivity index (χ0v) is 9.89. The summed E-state index contributed by atoms with van der Waals surface area (Å²) >= 11 is 5.83. The summed E-state index contributed by atoms with van der Waals surface area (Å²) in [5.41, 5.74) is -0.736. The molecule has 1 aromatic carbocycles. The number of aliphatic imine (C=N–C) groups is 1. The Kier molecular flexibility index (Phi) is 2.80. The largest absolute Gasteiger partial charge is 0.272 e. The Morgan fingerprint density at radius 2 is 2.12 bits per heavy atom. The zero-order chi connectivity index (χ0) is 12.7. The van der Waals surface area contributed by atoms with Gasteiger partial charge in [0.2, 0.25) is 6.08 Å². The minimum absolute atomic E-state index is 0.00220. The topological polar surface area (TPSA) is 29.4 Å². The summed E-state index contributed by atoms with van der Waals surface area (Å²) in [6.07, 6.45) is 2.60. The van der Waals surface area contributed by atoms with Crippen LogP contribution in [0.5, 0.6) is 0 Å². The van der Waals surface area contributed by atoms with Crippen LogP contribution < -0.4 is 0 Å². The second-order valence-corrected chi connectivity index (χ2v) is 4.69. The molecule has 0 N–H and O–H groups in total. The van der Waals surface area contributed by atoms with Crippen LogP contribution in [0.15, 0.2) is 23.2 Å². The minimum atomic E-state index is -3.05. The van der Waals surface area contributed by atoms with Crippen LogP contribution in [0.3, 0.4) is 0 Å². The second kappa shape index (κ2) is 3.90. The molecule has 1 saturated carbocycles.